The zero-order valence-electron chi connectivity index (χ0n) is 8.03. The zero-order valence-corrected chi connectivity index (χ0v) is 8.03. The number of nitro benzene ring substituents is 1. The number of ether oxygens (including phenoxy) is 1. The highest BCUT2D eigenvalue weighted by atomic mass is 19.3. The molecule has 0 radical (unpaired) electrons. The monoisotopic (exact) mass is 235 g/mol. The molecule has 0 unspecified atom stereocenters. The molecule has 0 heterocycles. The van der Waals surface area contributed by atoms with Crippen molar-refractivity contribution in [3.8, 4) is 0 Å². The molecule has 0 saturated heterocycles. The smallest absolute Gasteiger partial charge is 0.305 e. The summed E-state index contributed by atoms with van der Waals surface area (Å²) in [6.45, 7) is -1.25. The van der Waals surface area contributed by atoms with E-state index in [-0.39, 0.29) is 5.56 Å². The Morgan fingerprint density at radius 2 is 2.12 bits per heavy atom. The first-order chi connectivity index (χ1) is 7.52. The Bertz CT molecular complexity index is 384. The molecule has 0 saturated carbocycles. The van der Waals surface area contributed by atoms with Gasteiger partial charge in [-0.05, 0) is 0 Å². The first-order valence-corrected chi connectivity index (χ1v) is 4.30. The number of hydrogen-bond donors (Lipinski definition) is 0. The summed E-state index contributed by atoms with van der Waals surface area (Å²) in [5.41, 5.74) is -0.812. The van der Waals surface area contributed by atoms with Gasteiger partial charge in [0.05, 0.1) is 11.5 Å². The molecule has 16 heavy (non-hydrogen) atoms. The predicted molar refractivity (Wildman–Crippen MR) is 48.7 cm³/mol. The highest BCUT2D eigenvalue weighted by Gasteiger charge is 2.17. The Labute approximate surface area is 88.8 Å². The van der Waals surface area contributed by atoms with Crippen LogP contribution in [0.4, 0.5) is 18.9 Å². The van der Waals surface area contributed by atoms with Crippen LogP contribution in [0.15, 0.2) is 18.2 Å². The second-order valence-corrected chi connectivity index (χ2v) is 2.91. The minimum absolute atomic E-state index is 0.116. The Morgan fingerprint density at radius 1 is 1.44 bits per heavy atom. The van der Waals surface area contributed by atoms with Crippen LogP contribution in [-0.2, 0) is 11.3 Å². The summed E-state index contributed by atoms with van der Waals surface area (Å²) in [5, 5.41) is 10.4. The zero-order chi connectivity index (χ0) is 12.1. The van der Waals surface area contributed by atoms with Crippen LogP contribution in [0.5, 0.6) is 0 Å². The minimum atomic E-state index is -2.65. The highest BCUT2D eigenvalue weighted by Crippen LogP contribution is 2.20. The van der Waals surface area contributed by atoms with Gasteiger partial charge in [-0.15, -0.1) is 0 Å². The number of nitro groups is 1. The molecule has 4 nitrogen and oxygen atoms in total. The highest BCUT2D eigenvalue weighted by molar-refractivity contribution is 5.36. The molecule has 1 rings (SSSR count). The molecular formula is C9H8F3NO3. The molecular weight excluding hydrogens is 227 g/mol. The average Bonchev–Trinajstić information content (AvgIpc) is 2.19. The van der Waals surface area contributed by atoms with E-state index in [9.17, 15) is 23.3 Å². The van der Waals surface area contributed by atoms with Gasteiger partial charge < -0.3 is 4.74 Å². The van der Waals surface area contributed by atoms with Crippen molar-refractivity contribution in [3.63, 3.8) is 0 Å². The van der Waals surface area contributed by atoms with E-state index >= 15 is 0 Å². The maximum Gasteiger partial charge on any atom is 0.305 e. The van der Waals surface area contributed by atoms with Crippen molar-refractivity contribution in [2.45, 2.75) is 13.0 Å². The van der Waals surface area contributed by atoms with E-state index < -0.39 is 36.1 Å². The van der Waals surface area contributed by atoms with Crippen LogP contribution in [0.3, 0.4) is 0 Å². The number of benzene rings is 1. The van der Waals surface area contributed by atoms with Crippen molar-refractivity contribution >= 4 is 5.69 Å². The van der Waals surface area contributed by atoms with Gasteiger partial charge in [0.25, 0.3) is 6.43 Å². The molecule has 0 N–H and O–H groups in total. The van der Waals surface area contributed by atoms with Gasteiger partial charge in [0, 0.05) is 11.6 Å². The number of rotatable bonds is 5. The summed E-state index contributed by atoms with van der Waals surface area (Å²) >= 11 is 0. The van der Waals surface area contributed by atoms with E-state index in [1.54, 1.807) is 0 Å². The lowest BCUT2D eigenvalue weighted by atomic mass is 10.2. The van der Waals surface area contributed by atoms with Crippen LogP contribution in [0, 0.1) is 15.9 Å². The minimum Gasteiger partial charge on any atom is -0.371 e. The first-order valence-electron chi connectivity index (χ1n) is 4.30. The molecule has 88 valence electrons. The molecule has 0 aromatic heterocycles. The molecule has 7 heteroatoms. The van der Waals surface area contributed by atoms with Gasteiger partial charge in [-0.25, -0.2) is 8.78 Å². The summed E-state index contributed by atoms with van der Waals surface area (Å²) in [6, 6.07) is 3.50. The summed E-state index contributed by atoms with van der Waals surface area (Å²) < 4.78 is 41.3. The van der Waals surface area contributed by atoms with E-state index in [4.69, 9.17) is 0 Å². The van der Waals surface area contributed by atoms with Gasteiger partial charge in [0.15, 0.2) is 0 Å². The van der Waals surface area contributed by atoms with Gasteiger partial charge in [-0.1, -0.05) is 12.1 Å². The number of hydrogen-bond acceptors (Lipinski definition) is 3. The van der Waals surface area contributed by atoms with E-state index in [0.29, 0.717) is 0 Å². The van der Waals surface area contributed by atoms with Crippen molar-refractivity contribution in [2.75, 3.05) is 6.61 Å². The van der Waals surface area contributed by atoms with E-state index in [1.807, 2.05) is 0 Å². The molecule has 0 aliphatic carbocycles. The quantitative estimate of drug-likeness (QED) is 0.582. The summed E-state index contributed by atoms with van der Waals surface area (Å²) in [6.07, 6.45) is -2.65. The van der Waals surface area contributed by atoms with Crippen molar-refractivity contribution in [3.05, 3.63) is 39.7 Å². The molecule has 0 atom stereocenters. The lowest BCUT2D eigenvalue weighted by Crippen LogP contribution is -2.06. The van der Waals surface area contributed by atoms with Crippen molar-refractivity contribution in [1.29, 1.82) is 0 Å². The van der Waals surface area contributed by atoms with Crippen LogP contribution < -0.4 is 0 Å². The van der Waals surface area contributed by atoms with Gasteiger partial charge in [0.2, 0.25) is 5.82 Å². The Kier molecular flexibility index (Phi) is 4.24. The molecule has 0 amide bonds. The van der Waals surface area contributed by atoms with Crippen molar-refractivity contribution in [2.24, 2.45) is 0 Å². The SMILES string of the molecule is O=[N+]([O-])c1cccc(COCC(F)F)c1F. The molecule has 0 bridgehead atoms. The summed E-state index contributed by atoms with van der Waals surface area (Å²) in [7, 11) is 0. The largest absolute Gasteiger partial charge is 0.371 e. The van der Waals surface area contributed by atoms with Crippen molar-refractivity contribution in [1.82, 2.24) is 0 Å². The third-order valence-corrected chi connectivity index (χ3v) is 1.76. The van der Waals surface area contributed by atoms with E-state index in [1.165, 1.54) is 12.1 Å². The number of nitrogens with zero attached hydrogens (tertiary/aromatic N) is 1. The third-order valence-electron chi connectivity index (χ3n) is 1.76. The molecule has 0 aliphatic heterocycles. The van der Waals surface area contributed by atoms with Crippen LogP contribution in [-0.4, -0.2) is 18.0 Å². The fourth-order valence-electron chi connectivity index (χ4n) is 1.08. The van der Waals surface area contributed by atoms with E-state index in [2.05, 4.69) is 4.74 Å². The standard InChI is InChI=1S/C9H8F3NO3/c10-8(11)5-16-4-6-2-1-3-7(9(6)12)13(14)15/h1-3,8H,4-5H2. The maximum atomic E-state index is 13.3. The second-order valence-electron chi connectivity index (χ2n) is 2.91. The lowest BCUT2D eigenvalue weighted by Gasteiger charge is -2.04. The Hall–Kier alpha value is -1.63. The van der Waals surface area contributed by atoms with Crippen molar-refractivity contribution < 1.29 is 22.8 Å². The topological polar surface area (TPSA) is 52.4 Å². The fourth-order valence-corrected chi connectivity index (χ4v) is 1.08. The summed E-state index contributed by atoms with van der Waals surface area (Å²) in [5.74, 6) is -1.05. The van der Waals surface area contributed by atoms with Gasteiger partial charge in [-0.3, -0.25) is 10.1 Å². The third kappa shape index (κ3) is 3.20. The molecule has 1 aromatic carbocycles. The van der Waals surface area contributed by atoms with Crippen LogP contribution in [0.1, 0.15) is 5.56 Å². The molecule has 1 aromatic rings. The second kappa shape index (κ2) is 5.45. The normalized spacial score (nSPS) is 10.8. The average molecular weight is 235 g/mol. The van der Waals surface area contributed by atoms with Crippen LogP contribution >= 0.6 is 0 Å². The lowest BCUT2D eigenvalue weighted by molar-refractivity contribution is -0.387. The predicted octanol–water partition coefficient (Wildman–Crippen LogP) is 2.52. The van der Waals surface area contributed by atoms with Gasteiger partial charge in [-0.2, -0.15) is 4.39 Å². The van der Waals surface area contributed by atoms with E-state index in [0.717, 1.165) is 6.07 Å². The van der Waals surface area contributed by atoms with Gasteiger partial charge >= 0.3 is 5.69 Å². The fraction of sp³-hybridized carbons (Fsp3) is 0.333. The molecule has 0 fully saturated rings. The first kappa shape index (κ1) is 12.4. The number of halogens is 3. The summed E-state index contributed by atoms with van der Waals surface area (Å²) in [4.78, 5) is 9.48. The van der Waals surface area contributed by atoms with Gasteiger partial charge in [0.1, 0.15) is 6.61 Å². The Morgan fingerprint density at radius 3 is 2.69 bits per heavy atom. The molecule has 0 spiro atoms. The number of alkyl halides is 2. The molecule has 0 aliphatic rings. The maximum absolute atomic E-state index is 13.3. The van der Waals surface area contributed by atoms with Crippen LogP contribution in [0.2, 0.25) is 0 Å². The Balaban J connectivity index is 2.73. The van der Waals surface area contributed by atoms with Crippen LogP contribution in [0.25, 0.3) is 0 Å².